The van der Waals surface area contributed by atoms with Crippen LogP contribution in [0.1, 0.15) is 34.3 Å². The summed E-state index contributed by atoms with van der Waals surface area (Å²) in [5.74, 6) is 0.139. The summed E-state index contributed by atoms with van der Waals surface area (Å²) >= 11 is 0. The molecule has 0 bridgehead atoms. The monoisotopic (exact) mass is 273 g/mol. The normalized spacial score (nSPS) is 22.0. The molecule has 0 aromatic heterocycles. The average molecular weight is 273 g/mol. The van der Waals surface area contributed by atoms with Crippen molar-refractivity contribution in [3.63, 3.8) is 0 Å². The van der Waals surface area contributed by atoms with Crippen LogP contribution >= 0.6 is 0 Å². The second-order valence-electron chi connectivity index (χ2n) is 6.05. The maximum Gasteiger partial charge on any atom is 0.253 e. The van der Waals surface area contributed by atoms with Gasteiger partial charge in [0.25, 0.3) is 5.91 Å². The van der Waals surface area contributed by atoms with E-state index in [2.05, 4.69) is 23.3 Å². The Kier molecular flexibility index (Phi) is 3.76. The van der Waals surface area contributed by atoms with Crippen molar-refractivity contribution in [3.8, 4) is 0 Å². The molecule has 1 atom stereocenters. The van der Waals surface area contributed by atoms with E-state index in [4.69, 9.17) is 0 Å². The van der Waals surface area contributed by atoms with E-state index in [-0.39, 0.29) is 5.91 Å². The highest BCUT2D eigenvalue weighted by molar-refractivity contribution is 5.94. The van der Waals surface area contributed by atoms with Gasteiger partial charge in [0.1, 0.15) is 0 Å². The summed E-state index contributed by atoms with van der Waals surface area (Å²) in [6.07, 6.45) is 2.44. The van der Waals surface area contributed by atoms with Crippen LogP contribution in [-0.2, 0) is 13.1 Å². The molecule has 1 amide bonds. The fourth-order valence-electron chi connectivity index (χ4n) is 3.26. The molecule has 1 N–H and O–H groups in total. The van der Waals surface area contributed by atoms with E-state index in [1.54, 1.807) is 0 Å². The van der Waals surface area contributed by atoms with Crippen LogP contribution in [0.2, 0.25) is 0 Å². The molecule has 0 spiro atoms. The maximum atomic E-state index is 12.5. The van der Waals surface area contributed by atoms with Gasteiger partial charge in [-0.25, -0.2) is 0 Å². The van der Waals surface area contributed by atoms with Crippen LogP contribution in [0.5, 0.6) is 0 Å². The zero-order valence-electron chi connectivity index (χ0n) is 12.4. The van der Waals surface area contributed by atoms with Gasteiger partial charge in [-0.1, -0.05) is 6.07 Å². The quantitative estimate of drug-likeness (QED) is 0.905. The van der Waals surface area contributed by atoms with Crippen molar-refractivity contribution < 1.29 is 4.79 Å². The number of hydrogen-bond acceptors (Lipinski definition) is 3. The van der Waals surface area contributed by atoms with Gasteiger partial charge in [-0.05, 0) is 49.7 Å². The minimum absolute atomic E-state index is 0.139. The Hall–Kier alpha value is -1.39. The molecule has 20 heavy (non-hydrogen) atoms. The van der Waals surface area contributed by atoms with Crippen LogP contribution in [0.15, 0.2) is 18.2 Å². The van der Waals surface area contributed by atoms with Crippen molar-refractivity contribution in [2.75, 3.05) is 27.2 Å². The molecule has 4 heteroatoms. The highest BCUT2D eigenvalue weighted by Gasteiger charge is 2.24. The first-order valence-electron chi connectivity index (χ1n) is 7.43. The second-order valence-corrected chi connectivity index (χ2v) is 6.05. The molecular weight excluding hydrogens is 250 g/mol. The van der Waals surface area contributed by atoms with Crippen molar-refractivity contribution in [2.24, 2.45) is 0 Å². The Morgan fingerprint density at radius 2 is 2.20 bits per heavy atom. The number of fused-ring (bicyclic) bond motifs is 1. The number of benzene rings is 1. The molecule has 0 aliphatic carbocycles. The van der Waals surface area contributed by atoms with E-state index in [1.807, 2.05) is 24.1 Å². The standard InChI is InChI=1S/C16H23N3O/c1-18-7-3-4-15(18)11-19(2)16(20)12-5-6-13-9-17-10-14(13)8-12/h5-6,8,15,17H,3-4,7,9-11H2,1-2H3. The van der Waals surface area contributed by atoms with Gasteiger partial charge in [-0.2, -0.15) is 0 Å². The van der Waals surface area contributed by atoms with Crippen molar-refractivity contribution in [3.05, 3.63) is 34.9 Å². The molecule has 1 unspecified atom stereocenters. The topological polar surface area (TPSA) is 35.6 Å². The summed E-state index contributed by atoms with van der Waals surface area (Å²) in [6.45, 7) is 3.78. The molecule has 2 aliphatic heterocycles. The van der Waals surface area contributed by atoms with Crippen LogP contribution in [0, 0.1) is 0 Å². The number of amides is 1. The van der Waals surface area contributed by atoms with Gasteiger partial charge < -0.3 is 15.1 Å². The largest absolute Gasteiger partial charge is 0.340 e. The summed E-state index contributed by atoms with van der Waals surface area (Å²) < 4.78 is 0. The smallest absolute Gasteiger partial charge is 0.253 e. The number of likely N-dealkylation sites (tertiary alicyclic amines) is 1. The first-order valence-corrected chi connectivity index (χ1v) is 7.43. The number of nitrogens with one attached hydrogen (secondary N) is 1. The number of nitrogens with zero attached hydrogens (tertiary/aromatic N) is 2. The Balaban J connectivity index is 1.68. The lowest BCUT2D eigenvalue weighted by Gasteiger charge is -2.26. The van der Waals surface area contributed by atoms with E-state index in [0.29, 0.717) is 6.04 Å². The number of carbonyl (C=O) groups excluding carboxylic acids is 1. The number of carbonyl (C=O) groups is 1. The Bertz CT molecular complexity index is 514. The molecule has 108 valence electrons. The van der Waals surface area contributed by atoms with E-state index in [0.717, 1.165) is 31.7 Å². The molecular formula is C16H23N3O. The van der Waals surface area contributed by atoms with Crippen molar-refractivity contribution in [1.82, 2.24) is 15.1 Å². The SMILES string of the molecule is CN(CC1CCCN1C)C(=O)c1ccc2c(c1)CNC2. The lowest BCUT2D eigenvalue weighted by Crippen LogP contribution is -2.39. The summed E-state index contributed by atoms with van der Waals surface area (Å²) in [5, 5.41) is 3.32. The minimum atomic E-state index is 0.139. The van der Waals surface area contributed by atoms with Crippen molar-refractivity contribution in [2.45, 2.75) is 32.0 Å². The van der Waals surface area contributed by atoms with Crippen LogP contribution in [0.25, 0.3) is 0 Å². The lowest BCUT2D eigenvalue weighted by molar-refractivity contribution is 0.0761. The second kappa shape index (κ2) is 5.54. The molecule has 1 fully saturated rings. The van der Waals surface area contributed by atoms with Crippen molar-refractivity contribution in [1.29, 1.82) is 0 Å². The van der Waals surface area contributed by atoms with Gasteiger partial charge in [-0.15, -0.1) is 0 Å². The third-order valence-electron chi connectivity index (χ3n) is 4.59. The molecule has 1 saturated heterocycles. The Morgan fingerprint density at radius 1 is 1.40 bits per heavy atom. The third kappa shape index (κ3) is 2.58. The van der Waals surface area contributed by atoms with E-state index >= 15 is 0 Å². The van der Waals surface area contributed by atoms with Crippen LogP contribution in [0.4, 0.5) is 0 Å². The average Bonchev–Trinajstić information content (AvgIpc) is 3.06. The van der Waals surface area contributed by atoms with Gasteiger partial charge in [0.15, 0.2) is 0 Å². The first-order chi connectivity index (χ1) is 9.65. The molecule has 4 nitrogen and oxygen atoms in total. The van der Waals surface area contributed by atoms with Crippen molar-refractivity contribution >= 4 is 5.91 Å². The molecule has 3 rings (SSSR count). The Labute approximate surface area is 120 Å². The van der Waals surface area contributed by atoms with Gasteiger partial charge in [0.2, 0.25) is 0 Å². The maximum absolute atomic E-state index is 12.5. The fourth-order valence-corrected chi connectivity index (χ4v) is 3.26. The van der Waals surface area contributed by atoms with Crippen LogP contribution in [-0.4, -0.2) is 48.9 Å². The zero-order chi connectivity index (χ0) is 14.1. The molecule has 1 aromatic carbocycles. The van der Waals surface area contributed by atoms with Gasteiger partial charge in [0, 0.05) is 38.3 Å². The number of likely N-dealkylation sites (N-methyl/N-ethyl adjacent to an activating group) is 2. The minimum Gasteiger partial charge on any atom is -0.340 e. The first kappa shape index (κ1) is 13.6. The van der Waals surface area contributed by atoms with Crippen LogP contribution in [0.3, 0.4) is 0 Å². The zero-order valence-corrected chi connectivity index (χ0v) is 12.4. The predicted molar refractivity (Wildman–Crippen MR) is 79.6 cm³/mol. The van der Waals surface area contributed by atoms with E-state index < -0.39 is 0 Å². The lowest BCUT2D eigenvalue weighted by atomic mass is 10.1. The molecule has 0 radical (unpaired) electrons. The number of hydrogen-bond donors (Lipinski definition) is 1. The summed E-state index contributed by atoms with van der Waals surface area (Å²) in [5.41, 5.74) is 3.40. The predicted octanol–water partition coefficient (Wildman–Crippen LogP) is 1.46. The van der Waals surface area contributed by atoms with Gasteiger partial charge >= 0.3 is 0 Å². The third-order valence-corrected chi connectivity index (χ3v) is 4.59. The molecule has 2 aliphatic rings. The van der Waals surface area contributed by atoms with E-state index in [9.17, 15) is 4.79 Å². The molecule has 2 heterocycles. The van der Waals surface area contributed by atoms with Crippen LogP contribution < -0.4 is 5.32 Å². The van der Waals surface area contributed by atoms with Gasteiger partial charge in [-0.3, -0.25) is 4.79 Å². The Morgan fingerprint density at radius 3 is 2.95 bits per heavy atom. The highest BCUT2D eigenvalue weighted by atomic mass is 16.2. The highest BCUT2D eigenvalue weighted by Crippen LogP contribution is 2.19. The molecule has 0 saturated carbocycles. The summed E-state index contributed by atoms with van der Waals surface area (Å²) in [6, 6.07) is 6.60. The molecule has 1 aromatic rings. The number of rotatable bonds is 3. The van der Waals surface area contributed by atoms with Gasteiger partial charge in [0.05, 0.1) is 0 Å². The van der Waals surface area contributed by atoms with E-state index in [1.165, 1.54) is 24.0 Å². The summed E-state index contributed by atoms with van der Waals surface area (Å²) in [4.78, 5) is 16.8. The fraction of sp³-hybridized carbons (Fsp3) is 0.562. The summed E-state index contributed by atoms with van der Waals surface area (Å²) in [7, 11) is 4.07.